The Morgan fingerprint density at radius 3 is 2.79 bits per heavy atom. The number of anilines is 1. The first-order chi connectivity index (χ1) is 18.1. The highest BCUT2D eigenvalue weighted by Crippen LogP contribution is 2.43. The van der Waals surface area contributed by atoms with Gasteiger partial charge in [0.25, 0.3) is 5.91 Å². The Kier molecular flexibility index (Phi) is 5.52. The quantitative estimate of drug-likeness (QED) is 0.332. The van der Waals surface area contributed by atoms with E-state index in [1.165, 1.54) is 11.0 Å². The Labute approximate surface area is 215 Å². The van der Waals surface area contributed by atoms with E-state index >= 15 is 0 Å². The second-order valence-electron chi connectivity index (χ2n) is 10.1. The van der Waals surface area contributed by atoms with Gasteiger partial charge in [-0.2, -0.15) is 14.9 Å². The van der Waals surface area contributed by atoms with Gasteiger partial charge in [0.05, 0.1) is 35.3 Å². The number of carbonyl (C=O) groups is 1. The van der Waals surface area contributed by atoms with Gasteiger partial charge in [-0.15, -0.1) is 10.2 Å². The molecule has 1 fully saturated rings. The van der Waals surface area contributed by atoms with Crippen LogP contribution in [0.4, 0.5) is 10.1 Å². The number of hydrogen-bond donors (Lipinski definition) is 2. The lowest BCUT2D eigenvalue weighted by Gasteiger charge is -2.14. The number of carbonyl (C=O) groups excluding carboxylic acids is 1. The van der Waals surface area contributed by atoms with Crippen LogP contribution in [0.1, 0.15) is 48.0 Å². The predicted octanol–water partition coefficient (Wildman–Crippen LogP) is 3.19. The molecule has 1 aromatic carbocycles. The van der Waals surface area contributed by atoms with Crippen molar-refractivity contribution in [2.75, 3.05) is 5.32 Å². The van der Waals surface area contributed by atoms with E-state index < -0.39 is 11.8 Å². The summed E-state index contributed by atoms with van der Waals surface area (Å²) in [5.41, 5.74) is 2.60. The van der Waals surface area contributed by atoms with Gasteiger partial charge in [-0.1, -0.05) is 17.3 Å². The number of halogens is 1. The van der Waals surface area contributed by atoms with Gasteiger partial charge in [0, 0.05) is 23.0 Å². The van der Waals surface area contributed by atoms with Gasteiger partial charge in [0.15, 0.2) is 0 Å². The Morgan fingerprint density at radius 1 is 1.24 bits per heavy atom. The van der Waals surface area contributed by atoms with E-state index in [1.54, 1.807) is 42.8 Å². The van der Waals surface area contributed by atoms with E-state index in [9.17, 15) is 14.3 Å². The summed E-state index contributed by atoms with van der Waals surface area (Å²) in [6, 6.07) is 8.94. The molecule has 4 aromatic heterocycles. The highest BCUT2D eigenvalue weighted by atomic mass is 19.1. The third kappa shape index (κ3) is 4.63. The summed E-state index contributed by atoms with van der Waals surface area (Å²) < 4.78 is 20.2. The Balaban J connectivity index is 1.25. The number of amides is 1. The molecule has 12 nitrogen and oxygen atoms in total. The van der Waals surface area contributed by atoms with Gasteiger partial charge in [0.1, 0.15) is 6.17 Å². The number of alkyl halides is 1. The molecule has 1 amide bonds. The zero-order chi connectivity index (χ0) is 26.6. The molecule has 0 spiro atoms. The molecule has 2 atom stereocenters. The summed E-state index contributed by atoms with van der Waals surface area (Å²) >= 11 is 0. The molecule has 4 heterocycles. The smallest absolute Gasteiger partial charge is 0.259 e. The van der Waals surface area contributed by atoms with Crippen molar-refractivity contribution in [3.05, 3.63) is 59.7 Å². The van der Waals surface area contributed by atoms with Crippen LogP contribution in [0, 0.1) is 6.92 Å². The van der Waals surface area contributed by atoms with Crippen LogP contribution in [-0.4, -0.2) is 62.7 Å². The highest BCUT2D eigenvalue weighted by Gasteiger charge is 2.43. The first kappa shape index (κ1) is 23.9. The Morgan fingerprint density at radius 2 is 2.03 bits per heavy atom. The van der Waals surface area contributed by atoms with Crippen molar-refractivity contribution in [2.24, 2.45) is 0 Å². The molecule has 13 heteroatoms. The van der Waals surface area contributed by atoms with Crippen LogP contribution in [0.5, 0.6) is 0 Å². The number of pyridine rings is 1. The SMILES string of the molecule is Cc1ccc(-c2noc([C@H]3C[C@@H]3F)n2)cc1NC(=O)c1cnn2ccc(-c3nnn(CC(C)(C)O)n3)cc12. The molecular formula is C25H24FN9O3. The number of benzene rings is 1. The predicted molar refractivity (Wildman–Crippen MR) is 133 cm³/mol. The third-order valence-electron chi connectivity index (χ3n) is 6.22. The van der Waals surface area contributed by atoms with Crippen LogP contribution in [-0.2, 0) is 6.54 Å². The number of aryl methyl sites for hydroxylation is 1. The average Bonchev–Trinajstić information content (AvgIpc) is 3.29. The van der Waals surface area contributed by atoms with Crippen molar-refractivity contribution in [3.8, 4) is 22.8 Å². The third-order valence-corrected chi connectivity index (χ3v) is 6.22. The molecule has 0 unspecified atom stereocenters. The summed E-state index contributed by atoms with van der Waals surface area (Å²) in [5.74, 6) is 0.291. The minimum atomic E-state index is -0.991. The molecule has 5 aromatic rings. The summed E-state index contributed by atoms with van der Waals surface area (Å²) in [6.45, 7) is 5.37. The number of aromatic nitrogens is 8. The summed E-state index contributed by atoms with van der Waals surface area (Å²) in [6.07, 6.45) is 2.66. The Bertz CT molecular complexity index is 1670. The van der Waals surface area contributed by atoms with Crippen molar-refractivity contribution in [1.82, 2.24) is 40.0 Å². The van der Waals surface area contributed by atoms with Crippen molar-refractivity contribution in [3.63, 3.8) is 0 Å². The molecule has 1 saturated carbocycles. The minimum Gasteiger partial charge on any atom is -0.388 e. The van der Waals surface area contributed by atoms with Gasteiger partial charge in [-0.25, -0.2) is 8.91 Å². The maximum absolute atomic E-state index is 13.4. The fourth-order valence-electron chi connectivity index (χ4n) is 4.07. The summed E-state index contributed by atoms with van der Waals surface area (Å²) in [7, 11) is 0. The maximum atomic E-state index is 13.4. The van der Waals surface area contributed by atoms with Crippen molar-refractivity contribution in [2.45, 2.75) is 51.4 Å². The largest absolute Gasteiger partial charge is 0.388 e. The maximum Gasteiger partial charge on any atom is 0.259 e. The van der Waals surface area contributed by atoms with Gasteiger partial charge < -0.3 is 14.9 Å². The lowest BCUT2D eigenvalue weighted by Crippen LogP contribution is -2.27. The van der Waals surface area contributed by atoms with Crippen LogP contribution in [0.25, 0.3) is 28.3 Å². The topological polar surface area (TPSA) is 149 Å². The summed E-state index contributed by atoms with van der Waals surface area (Å²) in [4.78, 5) is 18.9. The average molecular weight is 518 g/mol. The number of aliphatic hydroxyl groups is 1. The fraction of sp³-hybridized carbons (Fsp3) is 0.320. The number of hydrogen-bond acceptors (Lipinski definition) is 9. The normalized spacial score (nSPS) is 17.2. The number of nitrogens with one attached hydrogen (secondary N) is 1. The molecular weight excluding hydrogens is 493 g/mol. The van der Waals surface area contributed by atoms with E-state index in [-0.39, 0.29) is 24.3 Å². The number of nitrogens with zero attached hydrogens (tertiary/aromatic N) is 8. The molecule has 2 N–H and O–H groups in total. The number of rotatable bonds is 7. The van der Waals surface area contributed by atoms with Crippen molar-refractivity contribution >= 4 is 17.1 Å². The Hall–Kier alpha value is -4.52. The van der Waals surface area contributed by atoms with Gasteiger partial charge in [-0.3, -0.25) is 4.79 Å². The van der Waals surface area contributed by atoms with Gasteiger partial charge in [0.2, 0.25) is 17.5 Å². The minimum absolute atomic E-state index is 0.184. The molecule has 0 aliphatic heterocycles. The molecule has 6 rings (SSSR count). The van der Waals surface area contributed by atoms with Crippen LogP contribution in [0.15, 0.2) is 47.2 Å². The molecule has 38 heavy (non-hydrogen) atoms. The first-order valence-corrected chi connectivity index (χ1v) is 12.0. The zero-order valence-corrected chi connectivity index (χ0v) is 20.8. The molecule has 0 radical (unpaired) electrons. The zero-order valence-electron chi connectivity index (χ0n) is 20.8. The van der Waals surface area contributed by atoms with Crippen LogP contribution in [0.2, 0.25) is 0 Å². The van der Waals surface area contributed by atoms with E-state index in [1.807, 2.05) is 19.1 Å². The van der Waals surface area contributed by atoms with Crippen molar-refractivity contribution < 1.29 is 18.8 Å². The van der Waals surface area contributed by atoms with Crippen LogP contribution in [0.3, 0.4) is 0 Å². The van der Waals surface area contributed by atoms with Crippen LogP contribution >= 0.6 is 0 Å². The molecule has 194 valence electrons. The number of tetrazole rings is 1. The van der Waals surface area contributed by atoms with Gasteiger partial charge >= 0.3 is 0 Å². The molecule has 1 aliphatic rings. The van der Waals surface area contributed by atoms with Gasteiger partial charge in [-0.05, 0) is 56.2 Å². The summed E-state index contributed by atoms with van der Waals surface area (Å²) in [5, 5.41) is 33.6. The van der Waals surface area contributed by atoms with E-state index in [2.05, 4.69) is 36.0 Å². The van der Waals surface area contributed by atoms with E-state index in [0.29, 0.717) is 46.0 Å². The standard InChI is InChI=1S/C25H24FN9O3/c1-13-4-5-14(21-29-24(38-32-21)16-10-18(16)26)8-19(13)28-23(36)17-11-27-34-7-6-15(9-20(17)34)22-30-33-35(31-22)12-25(2,3)37/h4-9,11,16,18,37H,10,12H2,1-3H3,(H,28,36)/t16-,18-/m0/s1. The lowest BCUT2D eigenvalue weighted by molar-refractivity contribution is 0.0526. The molecule has 1 aliphatic carbocycles. The fourth-order valence-corrected chi connectivity index (χ4v) is 4.07. The number of fused-ring (bicyclic) bond motifs is 1. The van der Waals surface area contributed by atoms with E-state index in [4.69, 9.17) is 4.52 Å². The second-order valence-corrected chi connectivity index (χ2v) is 10.1. The molecule has 0 saturated heterocycles. The van der Waals surface area contributed by atoms with Crippen LogP contribution < -0.4 is 5.32 Å². The van der Waals surface area contributed by atoms with E-state index in [0.717, 1.165) is 5.56 Å². The van der Waals surface area contributed by atoms with Crippen molar-refractivity contribution in [1.29, 1.82) is 0 Å². The highest BCUT2D eigenvalue weighted by molar-refractivity contribution is 6.09. The second kappa shape index (κ2) is 8.80. The lowest BCUT2D eigenvalue weighted by atomic mass is 10.1. The molecule has 0 bridgehead atoms. The first-order valence-electron chi connectivity index (χ1n) is 12.0. The monoisotopic (exact) mass is 517 g/mol.